The molecule has 0 radical (unpaired) electrons. The van der Waals surface area contributed by atoms with Crippen LogP contribution in [0.3, 0.4) is 0 Å². The van der Waals surface area contributed by atoms with Crippen molar-refractivity contribution in [2.75, 3.05) is 13.1 Å². The number of para-hydroxylation sites is 1. The van der Waals surface area contributed by atoms with E-state index in [-0.39, 0.29) is 6.04 Å². The average Bonchev–Trinajstić information content (AvgIpc) is 2.85. The van der Waals surface area contributed by atoms with E-state index < -0.39 is 0 Å². The van der Waals surface area contributed by atoms with Crippen LogP contribution in [0.2, 0.25) is 0 Å². The van der Waals surface area contributed by atoms with E-state index in [2.05, 4.69) is 41.2 Å². The SMILES string of the molecule is CC1CCN(C(C(N)=S)c2c[nH]c3ccccc23)CC1. The normalized spacial score (nSPS) is 19.2. The summed E-state index contributed by atoms with van der Waals surface area (Å²) in [5.41, 5.74) is 8.42. The number of thiocarbonyl (C=S) groups is 1. The summed E-state index contributed by atoms with van der Waals surface area (Å²) in [4.78, 5) is 6.33. The van der Waals surface area contributed by atoms with Gasteiger partial charge in [-0.15, -0.1) is 0 Å². The Labute approximate surface area is 125 Å². The van der Waals surface area contributed by atoms with Gasteiger partial charge in [0.2, 0.25) is 0 Å². The summed E-state index contributed by atoms with van der Waals surface area (Å²) in [6.45, 7) is 4.46. The van der Waals surface area contributed by atoms with Crippen molar-refractivity contribution in [2.45, 2.75) is 25.8 Å². The monoisotopic (exact) mass is 287 g/mol. The molecule has 1 aliphatic rings. The van der Waals surface area contributed by atoms with Gasteiger partial charge in [0.05, 0.1) is 11.0 Å². The number of aromatic amines is 1. The van der Waals surface area contributed by atoms with Crippen molar-refractivity contribution in [3.8, 4) is 0 Å². The van der Waals surface area contributed by atoms with Crippen LogP contribution in [0.4, 0.5) is 0 Å². The Bertz CT molecular complexity index is 611. The van der Waals surface area contributed by atoms with Gasteiger partial charge in [-0.1, -0.05) is 37.3 Å². The predicted octanol–water partition coefficient (Wildman–Crippen LogP) is 3.23. The molecule has 0 saturated carbocycles. The van der Waals surface area contributed by atoms with Gasteiger partial charge in [-0.25, -0.2) is 0 Å². The van der Waals surface area contributed by atoms with Crippen LogP contribution in [-0.4, -0.2) is 28.0 Å². The first-order valence-electron chi connectivity index (χ1n) is 7.26. The predicted molar refractivity (Wildman–Crippen MR) is 87.8 cm³/mol. The van der Waals surface area contributed by atoms with Gasteiger partial charge in [0.15, 0.2) is 0 Å². The molecule has 2 heterocycles. The van der Waals surface area contributed by atoms with Gasteiger partial charge in [0.25, 0.3) is 0 Å². The molecule has 1 aromatic carbocycles. The summed E-state index contributed by atoms with van der Waals surface area (Å²) in [5.74, 6) is 0.807. The number of benzene rings is 1. The lowest BCUT2D eigenvalue weighted by molar-refractivity contribution is 0.171. The highest BCUT2D eigenvalue weighted by Crippen LogP contribution is 2.31. The van der Waals surface area contributed by atoms with E-state index >= 15 is 0 Å². The molecule has 0 spiro atoms. The highest BCUT2D eigenvalue weighted by atomic mass is 32.1. The lowest BCUT2D eigenvalue weighted by Crippen LogP contribution is -2.41. The summed E-state index contributed by atoms with van der Waals surface area (Å²) >= 11 is 5.36. The molecule has 3 N–H and O–H groups in total. The van der Waals surface area contributed by atoms with Crippen molar-refractivity contribution < 1.29 is 0 Å². The largest absolute Gasteiger partial charge is 0.392 e. The van der Waals surface area contributed by atoms with Gasteiger partial charge < -0.3 is 10.7 Å². The number of nitrogens with one attached hydrogen (secondary N) is 1. The topological polar surface area (TPSA) is 45.0 Å². The second-order valence-electron chi connectivity index (χ2n) is 5.81. The van der Waals surface area contributed by atoms with Gasteiger partial charge in [-0.2, -0.15) is 0 Å². The average molecular weight is 287 g/mol. The molecule has 1 aromatic heterocycles. The molecule has 2 aromatic rings. The van der Waals surface area contributed by atoms with Crippen molar-refractivity contribution in [1.29, 1.82) is 0 Å². The molecular formula is C16H21N3S. The maximum atomic E-state index is 6.06. The molecule has 0 amide bonds. The van der Waals surface area contributed by atoms with Crippen LogP contribution >= 0.6 is 12.2 Å². The lowest BCUT2D eigenvalue weighted by Gasteiger charge is -2.36. The third-order valence-electron chi connectivity index (χ3n) is 4.37. The van der Waals surface area contributed by atoms with Gasteiger partial charge >= 0.3 is 0 Å². The Morgan fingerprint density at radius 3 is 2.75 bits per heavy atom. The summed E-state index contributed by atoms with van der Waals surface area (Å²) < 4.78 is 0. The number of fused-ring (bicyclic) bond motifs is 1. The summed E-state index contributed by atoms with van der Waals surface area (Å²) in [7, 11) is 0. The molecule has 106 valence electrons. The van der Waals surface area contributed by atoms with Crippen molar-refractivity contribution in [3.05, 3.63) is 36.0 Å². The zero-order chi connectivity index (χ0) is 14.1. The number of hydrogen-bond acceptors (Lipinski definition) is 2. The summed E-state index contributed by atoms with van der Waals surface area (Å²) in [6.07, 6.45) is 4.51. The Morgan fingerprint density at radius 2 is 2.05 bits per heavy atom. The number of hydrogen-bond donors (Lipinski definition) is 2. The minimum atomic E-state index is 0.0497. The van der Waals surface area contributed by atoms with Gasteiger partial charge in [0, 0.05) is 22.7 Å². The van der Waals surface area contributed by atoms with Crippen molar-refractivity contribution >= 4 is 28.1 Å². The van der Waals surface area contributed by atoms with Crippen LogP contribution < -0.4 is 5.73 Å². The van der Waals surface area contributed by atoms with E-state index in [0.717, 1.165) is 24.5 Å². The van der Waals surface area contributed by atoms with Gasteiger partial charge in [-0.3, -0.25) is 4.90 Å². The van der Waals surface area contributed by atoms with E-state index in [1.807, 2.05) is 6.07 Å². The number of nitrogens with two attached hydrogens (primary N) is 1. The van der Waals surface area contributed by atoms with Crippen LogP contribution in [0.15, 0.2) is 30.5 Å². The van der Waals surface area contributed by atoms with E-state index in [9.17, 15) is 0 Å². The minimum absolute atomic E-state index is 0.0497. The van der Waals surface area contributed by atoms with Crippen molar-refractivity contribution in [3.63, 3.8) is 0 Å². The van der Waals surface area contributed by atoms with Crippen LogP contribution in [0.25, 0.3) is 10.9 Å². The Balaban J connectivity index is 1.96. The van der Waals surface area contributed by atoms with Crippen LogP contribution in [0.5, 0.6) is 0 Å². The lowest BCUT2D eigenvalue weighted by atomic mass is 9.95. The molecule has 1 saturated heterocycles. The smallest absolute Gasteiger partial charge is 0.0949 e. The maximum Gasteiger partial charge on any atom is 0.0949 e. The van der Waals surface area contributed by atoms with E-state index in [1.165, 1.54) is 23.8 Å². The molecule has 3 nitrogen and oxygen atoms in total. The van der Waals surface area contributed by atoms with Gasteiger partial charge in [0.1, 0.15) is 0 Å². The maximum absolute atomic E-state index is 6.06. The number of likely N-dealkylation sites (tertiary alicyclic amines) is 1. The first kappa shape index (κ1) is 13.6. The summed E-state index contributed by atoms with van der Waals surface area (Å²) in [5, 5.41) is 1.23. The van der Waals surface area contributed by atoms with Gasteiger partial charge in [-0.05, 0) is 37.9 Å². The van der Waals surface area contributed by atoms with E-state index in [4.69, 9.17) is 18.0 Å². The first-order valence-corrected chi connectivity index (χ1v) is 7.67. The number of aromatic nitrogens is 1. The second kappa shape index (κ2) is 5.54. The van der Waals surface area contributed by atoms with E-state index in [0.29, 0.717) is 4.99 Å². The zero-order valence-corrected chi connectivity index (χ0v) is 12.6. The fourth-order valence-corrected chi connectivity index (χ4v) is 3.41. The third kappa shape index (κ3) is 2.45. The number of piperidine rings is 1. The fourth-order valence-electron chi connectivity index (χ4n) is 3.14. The molecule has 4 heteroatoms. The third-order valence-corrected chi connectivity index (χ3v) is 4.59. The molecule has 1 unspecified atom stereocenters. The van der Waals surface area contributed by atoms with E-state index in [1.54, 1.807) is 0 Å². The standard InChI is InChI=1S/C16H21N3S/c1-11-6-8-19(9-7-11)15(16(17)20)13-10-18-14-5-3-2-4-12(13)14/h2-5,10-11,15,18H,6-9H2,1H3,(H2,17,20). The minimum Gasteiger partial charge on any atom is -0.392 e. The second-order valence-corrected chi connectivity index (χ2v) is 6.28. The van der Waals surface area contributed by atoms with Crippen molar-refractivity contribution in [1.82, 2.24) is 9.88 Å². The molecule has 1 fully saturated rings. The van der Waals surface area contributed by atoms with Crippen molar-refractivity contribution in [2.24, 2.45) is 11.7 Å². The fraction of sp³-hybridized carbons (Fsp3) is 0.438. The molecule has 0 bridgehead atoms. The number of rotatable bonds is 3. The molecule has 0 aliphatic carbocycles. The number of H-pyrrole nitrogens is 1. The van der Waals surface area contributed by atoms with Crippen LogP contribution in [0, 0.1) is 5.92 Å². The Morgan fingerprint density at radius 1 is 1.35 bits per heavy atom. The molecular weight excluding hydrogens is 266 g/mol. The van der Waals surface area contributed by atoms with Crippen LogP contribution in [-0.2, 0) is 0 Å². The highest BCUT2D eigenvalue weighted by Gasteiger charge is 2.28. The summed E-state index contributed by atoms with van der Waals surface area (Å²) in [6, 6.07) is 8.39. The highest BCUT2D eigenvalue weighted by molar-refractivity contribution is 7.80. The van der Waals surface area contributed by atoms with Crippen LogP contribution in [0.1, 0.15) is 31.4 Å². The Kier molecular flexibility index (Phi) is 3.76. The number of nitrogens with zero attached hydrogens (tertiary/aromatic N) is 1. The molecule has 1 atom stereocenters. The molecule has 1 aliphatic heterocycles. The first-order chi connectivity index (χ1) is 9.66. The zero-order valence-electron chi connectivity index (χ0n) is 11.8. The molecule has 20 heavy (non-hydrogen) atoms. The Hall–Kier alpha value is -1.39. The quantitative estimate of drug-likeness (QED) is 0.852. The molecule has 3 rings (SSSR count).